The zero-order chi connectivity index (χ0) is 17.1. The summed E-state index contributed by atoms with van der Waals surface area (Å²) >= 11 is 0. The minimum absolute atomic E-state index is 0.412. The fourth-order valence-corrected chi connectivity index (χ4v) is 4.06. The summed E-state index contributed by atoms with van der Waals surface area (Å²) in [5.41, 5.74) is 1.27. The van der Waals surface area contributed by atoms with Crippen molar-refractivity contribution >= 4 is 0 Å². The zero-order valence-electron chi connectivity index (χ0n) is 15.1. The molecule has 1 N–H and O–H groups in total. The van der Waals surface area contributed by atoms with Crippen LogP contribution in [-0.4, -0.2) is 27.4 Å². The largest absolute Gasteiger partial charge is 0.490 e. The van der Waals surface area contributed by atoms with Gasteiger partial charge in [0.15, 0.2) is 0 Å². The Morgan fingerprint density at radius 2 is 2.00 bits per heavy atom. The highest BCUT2D eigenvalue weighted by Crippen LogP contribution is 2.26. The predicted octanol–water partition coefficient (Wildman–Crippen LogP) is 3.26. The Hall–Kier alpha value is -1.88. The van der Waals surface area contributed by atoms with Crippen LogP contribution in [0.15, 0.2) is 24.3 Å². The van der Waals surface area contributed by atoms with Gasteiger partial charge in [-0.3, -0.25) is 0 Å². The average molecular weight is 340 g/mol. The van der Waals surface area contributed by atoms with E-state index in [2.05, 4.69) is 44.3 Å². The lowest BCUT2D eigenvalue weighted by molar-refractivity contribution is 0.207. The van der Waals surface area contributed by atoms with Gasteiger partial charge in [0, 0.05) is 25.1 Å². The first-order valence-electron chi connectivity index (χ1n) is 9.63. The first-order valence-corrected chi connectivity index (χ1v) is 9.63. The van der Waals surface area contributed by atoms with Crippen molar-refractivity contribution in [1.82, 2.24) is 20.1 Å². The van der Waals surface area contributed by atoms with Crippen LogP contribution in [0.3, 0.4) is 0 Å². The molecule has 0 bridgehead atoms. The van der Waals surface area contributed by atoms with E-state index in [0.29, 0.717) is 12.0 Å². The van der Waals surface area contributed by atoms with E-state index in [1.165, 1.54) is 37.7 Å². The van der Waals surface area contributed by atoms with E-state index < -0.39 is 0 Å². The smallest absolute Gasteiger partial charge is 0.133 e. The van der Waals surface area contributed by atoms with Gasteiger partial charge in [0.2, 0.25) is 0 Å². The predicted molar refractivity (Wildman–Crippen MR) is 97.6 cm³/mol. The third-order valence-electron chi connectivity index (χ3n) is 5.55. The number of aryl methyl sites for hydroxylation is 2. The first-order chi connectivity index (χ1) is 12.3. The van der Waals surface area contributed by atoms with Crippen molar-refractivity contribution in [2.45, 2.75) is 64.6 Å². The fraction of sp³-hybridized carbons (Fsp3) is 0.600. The van der Waals surface area contributed by atoms with Crippen LogP contribution in [0, 0.1) is 12.8 Å². The molecule has 1 atom stereocenters. The van der Waals surface area contributed by atoms with Crippen LogP contribution < -0.4 is 10.1 Å². The van der Waals surface area contributed by atoms with Crippen molar-refractivity contribution < 1.29 is 4.74 Å². The fourth-order valence-electron chi connectivity index (χ4n) is 4.06. The molecular weight excluding hydrogens is 312 g/mol. The number of nitrogens with one attached hydrogen (secondary N) is 1. The Morgan fingerprint density at radius 1 is 1.16 bits per heavy atom. The second-order valence-electron chi connectivity index (χ2n) is 7.44. The molecule has 0 spiro atoms. The molecule has 1 fully saturated rings. The van der Waals surface area contributed by atoms with Gasteiger partial charge in [-0.1, -0.05) is 18.2 Å². The second kappa shape index (κ2) is 7.56. The molecule has 0 saturated heterocycles. The normalized spacial score (nSPS) is 20.6. The first kappa shape index (κ1) is 16.6. The third-order valence-corrected chi connectivity index (χ3v) is 5.55. The molecule has 0 amide bonds. The van der Waals surface area contributed by atoms with E-state index in [1.54, 1.807) is 0 Å². The lowest BCUT2D eigenvalue weighted by Crippen LogP contribution is -2.30. The number of para-hydroxylation sites is 1. The molecule has 25 heavy (non-hydrogen) atoms. The third kappa shape index (κ3) is 3.87. The number of hydrogen-bond donors (Lipinski definition) is 1. The van der Waals surface area contributed by atoms with Gasteiger partial charge in [-0.15, -0.1) is 10.2 Å². The van der Waals surface area contributed by atoms with Gasteiger partial charge >= 0.3 is 0 Å². The van der Waals surface area contributed by atoms with Crippen LogP contribution in [0.5, 0.6) is 5.75 Å². The molecule has 5 heteroatoms. The number of nitrogens with zero attached hydrogens (tertiary/aromatic N) is 3. The Balaban J connectivity index is 1.31. The zero-order valence-corrected chi connectivity index (χ0v) is 15.1. The number of rotatable bonds is 6. The van der Waals surface area contributed by atoms with Gasteiger partial charge in [0.25, 0.3) is 0 Å². The minimum atomic E-state index is 0.412. The lowest BCUT2D eigenvalue weighted by atomic mass is 9.99. The standard InChI is InChI=1S/C20H28N4O/c1-15-22-23-20-11-10-16(14-24(15)20)12-21-13-17-6-2-5-9-19(17)25-18-7-3-4-8-18/h2,5-6,9,16,18,21H,3-4,7-8,10-14H2,1H3. The molecule has 4 rings (SSSR count). The molecule has 1 aromatic carbocycles. The number of hydrogen-bond acceptors (Lipinski definition) is 4. The molecule has 1 aliphatic carbocycles. The molecule has 1 aliphatic heterocycles. The second-order valence-corrected chi connectivity index (χ2v) is 7.44. The van der Waals surface area contributed by atoms with Gasteiger partial charge < -0.3 is 14.6 Å². The summed E-state index contributed by atoms with van der Waals surface area (Å²) in [5, 5.41) is 12.1. The number of aromatic nitrogens is 3. The maximum atomic E-state index is 6.24. The molecule has 5 nitrogen and oxygen atoms in total. The van der Waals surface area contributed by atoms with Gasteiger partial charge in [0.05, 0.1) is 6.10 Å². The molecule has 134 valence electrons. The highest BCUT2D eigenvalue weighted by atomic mass is 16.5. The van der Waals surface area contributed by atoms with Crippen molar-refractivity contribution in [3.63, 3.8) is 0 Å². The van der Waals surface area contributed by atoms with E-state index in [9.17, 15) is 0 Å². The van der Waals surface area contributed by atoms with Crippen LogP contribution in [-0.2, 0) is 19.5 Å². The molecule has 1 aromatic heterocycles. The van der Waals surface area contributed by atoms with E-state index in [-0.39, 0.29) is 0 Å². The molecule has 1 unspecified atom stereocenters. The lowest BCUT2D eigenvalue weighted by Gasteiger charge is -2.24. The van der Waals surface area contributed by atoms with Crippen LogP contribution in [0.2, 0.25) is 0 Å². The summed E-state index contributed by atoms with van der Waals surface area (Å²) in [4.78, 5) is 0. The SMILES string of the molecule is Cc1nnc2n1CC(CNCc1ccccc1OC1CCCC1)CC2. The molecule has 2 aromatic rings. The maximum Gasteiger partial charge on any atom is 0.133 e. The van der Waals surface area contributed by atoms with Gasteiger partial charge in [-0.25, -0.2) is 0 Å². The summed E-state index contributed by atoms with van der Waals surface area (Å²) < 4.78 is 8.51. The Kier molecular flexibility index (Phi) is 5.02. The van der Waals surface area contributed by atoms with E-state index in [4.69, 9.17) is 4.74 Å². The Morgan fingerprint density at radius 3 is 2.88 bits per heavy atom. The number of ether oxygens (including phenoxy) is 1. The van der Waals surface area contributed by atoms with Gasteiger partial charge in [-0.2, -0.15) is 0 Å². The van der Waals surface area contributed by atoms with Crippen LogP contribution in [0.25, 0.3) is 0 Å². The van der Waals surface area contributed by atoms with Gasteiger partial charge in [-0.05, 0) is 57.6 Å². The highest BCUT2D eigenvalue weighted by molar-refractivity contribution is 5.33. The van der Waals surface area contributed by atoms with Crippen LogP contribution in [0.1, 0.15) is 49.3 Å². The summed E-state index contributed by atoms with van der Waals surface area (Å²) in [5.74, 6) is 3.88. The molecule has 0 radical (unpaired) electrons. The van der Waals surface area contributed by atoms with Gasteiger partial charge in [0.1, 0.15) is 17.4 Å². The number of benzene rings is 1. The summed E-state index contributed by atoms with van der Waals surface area (Å²) in [6.45, 7) is 4.96. The summed E-state index contributed by atoms with van der Waals surface area (Å²) in [6.07, 6.45) is 7.64. The summed E-state index contributed by atoms with van der Waals surface area (Å²) in [6, 6.07) is 8.47. The van der Waals surface area contributed by atoms with Crippen molar-refractivity contribution in [2.24, 2.45) is 5.92 Å². The topological polar surface area (TPSA) is 52.0 Å². The van der Waals surface area contributed by atoms with E-state index in [0.717, 1.165) is 43.5 Å². The molecule has 2 heterocycles. The Labute approximate surface area is 149 Å². The number of fused-ring (bicyclic) bond motifs is 1. The van der Waals surface area contributed by atoms with E-state index >= 15 is 0 Å². The minimum Gasteiger partial charge on any atom is -0.490 e. The quantitative estimate of drug-likeness (QED) is 0.877. The molecule has 1 saturated carbocycles. The van der Waals surface area contributed by atoms with Crippen LogP contribution >= 0.6 is 0 Å². The van der Waals surface area contributed by atoms with Crippen LogP contribution in [0.4, 0.5) is 0 Å². The highest BCUT2D eigenvalue weighted by Gasteiger charge is 2.21. The molecule has 2 aliphatic rings. The van der Waals surface area contributed by atoms with Crippen molar-refractivity contribution in [3.8, 4) is 5.75 Å². The monoisotopic (exact) mass is 340 g/mol. The molecular formula is C20H28N4O. The maximum absolute atomic E-state index is 6.24. The Bertz CT molecular complexity index is 705. The van der Waals surface area contributed by atoms with Crippen molar-refractivity contribution in [2.75, 3.05) is 6.54 Å². The summed E-state index contributed by atoms with van der Waals surface area (Å²) in [7, 11) is 0. The van der Waals surface area contributed by atoms with E-state index in [1.807, 2.05) is 6.92 Å². The van der Waals surface area contributed by atoms with Crippen molar-refractivity contribution in [1.29, 1.82) is 0 Å². The van der Waals surface area contributed by atoms with Crippen molar-refractivity contribution in [3.05, 3.63) is 41.5 Å². The average Bonchev–Trinajstić information content (AvgIpc) is 3.27.